The minimum Gasteiger partial charge on any atom is -0.396 e. The van der Waals surface area contributed by atoms with Crippen molar-refractivity contribution in [1.82, 2.24) is 14.8 Å². The maximum Gasteiger partial charge on any atom is 0.0449 e. The summed E-state index contributed by atoms with van der Waals surface area (Å²) in [5.41, 5.74) is 1.32. The second-order valence-corrected chi connectivity index (χ2v) is 4.42. The molecule has 1 saturated heterocycles. The zero-order valence-electron chi connectivity index (χ0n) is 9.89. The van der Waals surface area contributed by atoms with Crippen LogP contribution in [0.2, 0.25) is 0 Å². The lowest BCUT2D eigenvalue weighted by molar-refractivity contribution is 0.141. The summed E-state index contributed by atoms with van der Waals surface area (Å²) in [4.78, 5) is 2.46. The fourth-order valence-corrected chi connectivity index (χ4v) is 2.40. The smallest absolute Gasteiger partial charge is 0.0449 e. The molecule has 1 aliphatic heterocycles. The van der Waals surface area contributed by atoms with Crippen LogP contribution in [0.15, 0.2) is 18.5 Å². The summed E-state index contributed by atoms with van der Waals surface area (Å²) in [6.45, 7) is 4.49. The van der Waals surface area contributed by atoms with Gasteiger partial charge in [0.05, 0.1) is 0 Å². The Kier molecular flexibility index (Phi) is 3.98. The van der Waals surface area contributed by atoms with Crippen molar-refractivity contribution in [3.8, 4) is 0 Å². The normalized spacial score (nSPS) is 19.9. The van der Waals surface area contributed by atoms with Crippen LogP contribution < -0.4 is 5.32 Å². The summed E-state index contributed by atoms with van der Waals surface area (Å²) >= 11 is 0. The highest BCUT2D eigenvalue weighted by molar-refractivity contribution is 5.15. The van der Waals surface area contributed by atoms with Crippen molar-refractivity contribution < 1.29 is 5.11 Å². The van der Waals surface area contributed by atoms with Gasteiger partial charge >= 0.3 is 0 Å². The van der Waals surface area contributed by atoms with Gasteiger partial charge in [-0.15, -0.1) is 0 Å². The van der Waals surface area contributed by atoms with Gasteiger partial charge in [-0.2, -0.15) is 0 Å². The van der Waals surface area contributed by atoms with Crippen LogP contribution in [0, 0.1) is 0 Å². The molecule has 0 bridgehead atoms. The van der Waals surface area contributed by atoms with Crippen LogP contribution in [0.5, 0.6) is 0 Å². The molecule has 2 heterocycles. The maximum atomic E-state index is 9.19. The Labute approximate surface area is 96.9 Å². The fraction of sp³-hybridized carbons (Fsp3) is 0.667. The number of aryl methyl sites for hydroxylation is 1. The molecule has 0 aromatic carbocycles. The SMILES string of the molecule is Cn1ccc(C(CCO)N2CCNCC2)c1. The highest BCUT2D eigenvalue weighted by atomic mass is 16.3. The van der Waals surface area contributed by atoms with E-state index in [-0.39, 0.29) is 6.61 Å². The molecule has 4 heteroatoms. The van der Waals surface area contributed by atoms with E-state index >= 15 is 0 Å². The van der Waals surface area contributed by atoms with Crippen molar-refractivity contribution in [2.75, 3.05) is 32.8 Å². The van der Waals surface area contributed by atoms with Crippen molar-refractivity contribution in [2.24, 2.45) is 7.05 Å². The monoisotopic (exact) mass is 223 g/mol. The second kappa shape index (κ2) is 5.48. The Bertz CT molecular complexity index is 318. The van der Waals surface area contributed by atoms with Crippen LogP contribution in [0.4, 0.5) is 0 Å². The largest absolute Gasteiger partial charge is 0.396 e. The van der Waals surface area contributed by atoms with Crippen LogP contribution in [0.1, 0.15) is 18.0 Å². The molecule has 4 nitrogen and oxygen atoms in total. The molecule has 2 rings (SSSR count). The van der Waals surface area contributed by atoms with Crippen LogP contribution >= 0.6 is 0 Å². The number of hydrogen-bond acceptors (Lipinski definition) is 3. The molecule has 90 valence electrons. The molecule has 0 spiro atoms. The Morgan fingerprint density at radius 2 is 2.19 bits per heavy atom. The molecule has 1 fully saturated rings. The van der Waals surface area contributed by atoms with E-state index in [1.54, 1.807) is 0 Å². The Balaban J connectivity index is 2.09. The second-order valence-electron chi connectivity index (χ2n) is 4.42. The molecule has 0 amide bonds. The number of aliphatic hydroxyl groups is 1. The number of rotatable bonds is 4. The molecule has 0 radical (unpaired) electrons. The molecular weight excluding hydrogens is 202 g/mol. The molecule has 1 aliphatic rings. The van der Waals surface area contributed by atoms with Crippen molar-refractivity contribution in [3.63, 3.8) is 0 Å². The van der Waals surface area contributed by atoms with Gasteiger partial charge in [0.1, 0.15) is 0 Å². The first-order valence-electron chi connectivity index (χ1n) is 5.99. The lowest BCUT2D eigenvalue weighted by Crippen LogP contribution is -2.45. The van der Waals surface area contributed by atoms with Crippen molar-refractivity contribution in [3.05, 3.63) is 24.0 Å². The fourth-order valence-electron chi connectivity index (χ4n) is 2.40. The van der Waals surface area contributed by atoms with E-state index in [0.29, 0.717) is 6.04 Å². The van der Waals surface area contributed by atoms with Crippen LogP contribution in [0.3, 0.4) is 0 Å². The van der Waals surface area contributed by atoms with Crippen LogP contribution in [0.25, 0.3) is 0 Å². The molecule has 0 aliphatic carbocycles. The molecule has 1 unspecified atom stereocenters. The van der Waals surface area contributed by atoms with Crippen molar-refractivity contribution in [2.45, 2.75) is 12.5 Å². The minimum atomic E-state index is 0.253. The summed E-state index contributed by atoms with van der Waals surface area (Å²) in [6, 6.07) is 2.52. The van der Waals surface area contributed by atoms with Gasteiger partial charge in [-0.3, -0.25) is 4.90 Å². The van der Waals surface area contributed by atoms with E-state index in [4.69, 9.17) is 0 Å². The van der Waals surface area contributed by atoms with Crippen LogP contribution in [-0.4, -0.2) is 47.4 Å². The molecule has 1 aromatic heterocycles. The van der Waals surface area contributed by atoms with E-state index in [9.17, 15) is 5.11 Å². The molecule has 2 N–H and O–H groups in total. The Morgan fingerprint density at radius 1 is 1.44 bits per heavy atom. The maximum absolute atomic E-state index is 9.19. The first kappa shape index (κ1) is 11.6. The molecule has 1 aromatic rings. The average molecular weight is 223 g/mol. The third kappa shape index (κ3) is 2.64. The van der Waals surface area contributed by atoms with Gasteiger partial charge < -0.3 is 15.0 Å². The predicted molar refractivity (Wildman–Crippen MR) is 64.3 cm³/mol. The molecule has 1 atom stereocenters. The number of nitrogens with zero attached hydrogens (tertiary/aromatic N) is 2. The van der Waals surface area contributed by atoms with Gasteiger partial charge in [-0.05, 0) is 18.1 Å². The zero-order valence-corrected chi connectivity index (χ0v) is 9.89. The van der Waals surface area contributed by atoms with E-state index < -0.39 is 0 Å². The summed E-state index contributed by atoms with van der Waals surface area (Å²) in [5.74, 6) is 0. The highest BCUT2D eigenvalue weighted by Gasteiger charge is 2.21. The summed E-state index contributed by atoms with van der Waals surface area (Å²) in [7, 11) is 2.04. The van der Waals surface area contributed by atoms with Crippen molar-refractivity contribution in [1.29, 1.82) is 0 Å². The van der Waals surface area contributed by atoms with E-state index in [0.717, 1.165) is 32.6 Å². The van der Waals surface area contributed by atoms with Gasteiger partial charge in [-0.1, -0.05) is 0 Å². The van der Waals surface area contributed by atoms with E-state index in [1.165, 1.54) is 5.56 Å². The Hall–Kier alpha value is -0.840. The van der Waals surface area contributed by atoms with Gasteiger partial charge in [0, 0.05) is 58.3 Å². The standard InChI is InChI=1S/C12H21N3O/c1-14-6-2-11(10-14)12(3-9-16)15-7-4-13-5-8-15/h2,6,10,12-13,16H,3-5,7-9H2,1H3. The molecular formula is C12H21N3O. The highest BCUT2D eigenvalue weighted by Crippen LogP contribution is 2.24. The first-order valence-corrected chi connectivity index (χ1v) is 5.99. The molecule has 16 heavy (non-hydrogen) atoms. The lowest BCUT2D eigenvalue weighted by Gasteiger charge is -2.34. The molecule has 0 saturated carbocycles. The number of aliphatic hydroxyl groups excluding tert-OH is 1. The minimum absolute atomic E-state index is 0.253. The van der Waals surface area contributed by atoms with Crippen molar-refractivity contribution >= 4 is 0 Å². The number of piperazine rings is 1. The van der Waals surface area contributed by atoms with E-state index in [1.807, 2.05) is 7.05 Å². The summed E-state index contributed by atoms with van der Waals surface area (Å²) in [6.07, 6.45) is 5.05. The third-order valence-electron chi connectivity index (χ3n) is 3.23. The van der Waals surface area contributed by atoms with Gasteiger partial charge in [-0.25, -0.2) is 0 Å². The van der Waals surface area contributed by atoms with Gasteiger partial charge in [0.2, 0.25) is 0 Å². The van der Waals surface area contributed by atoms with Crippen LogP contribution in [-0.2, 0) is 7.05 Å². The van der Waals surface area contributed by atoms with E-state index in [2.05, 4.69) is 33.2 Å². The Morgan fingerprint density at radius 3 is 2.75 bits per heavy atom. The zero-order chi connectivity index (χ0) is 11.4. The van der Waals surface area contributed by atoms with Gasteiger partial charge in [0.25, 0.3) is 0 Å². The average Bonchev–Trinajstić information content (AvgIpc) is 2.74. The quantitative estimate of drug-likeness (QED) is 0.774. The number of aromatic nitrogens is 1. The number of nitrogens with one attached hydrogen (secondary N) is 1. The number of hydrogen-bond donors (Lipinski definition) is 2. The topological polar surface area (TPSA) is 40.4 Å². The lowest BCUT2D eigenvalue weighted by atomic mass is 10.0. The predicted octanol–water partition coefficient (Wildman–Crippen LogP) is 0.354. The first-order chi connectivity index (χ1) is 7.81. The third-order valence-corrected chi connectivity index (χ3v) is 3.23. The van der Waals surface area contributed by atoms with Gasteiger partial charge in [0.15, 0.2) is 0 Å². The summed E-state index contributed by atoms with van der Waals surface area (Å²) < 4.78 is 2.07. The summed E-state index contributed by atoms with van der Waals surface area (Å²) in [5, 5.41) is 12.5.